The number of pyridine rings is 3. The summed E-state index contributed by atoms with van der Waals surface area (Å²) in [5.74, 6) is 0.502. The maximum Gasteiger partial charge on any atom is 0.133 e. The summed E-state index contributed by atoms with van der Waals surface area (Å²) in [6, 6.07) is 7.75. The summed E-state index contributed by atoms with van der Waals surface area (Å²) in [6.07, 6.45) is 6.96. The molecule has 0 spiro atoms. The number of nitrogen functional groups attached to an aromatic ring is 1. The number of rotatable bonds is 1. The minimum Gasteiger partial charge on any atom is -0.383 e. The van der Waals surface area contributed by atoms with Crippen LogP contribution in [0.2, 0.25) is 0 Å². The van der Waals surface area contributed by atoms with Crippen molar-refractivity contribution in [1.82, 2.24) is 15.0 Å². The Morgan fingerprint density at radius 3 is 2.53 bits per heavy atom. The van der Waals surface area contributed by atoms with Crippen molar-refractivity contribution in [2.45, 2.75) is 0 Å². The van der Waals surface area contributed by atoms with Crippen LogP contribution >= 0.6 is 0 Å². The molecular formula is C13H10N4. The van der Waals surface area contributed by atoms with E-state index in [9.17, 15) is 0 Å². The van der Waals surface area contributed by atoms with Crippen LogP contribution in [0.5, 0.6) is 0 Å². The van der Waals surface area contributed by atoms with Crippen LogP contribution < -0.4 is 5.73 Å². The topological polar surface area (TPSA) is 64.7 Å². The second kappa shape index (κ2) is 3.83. The lowest BCUT2D eigenvalue weighted by Gasteiger charge is -2.05. The fourth-order valence-electron chi connectivity index (χ4n) is 1.79. The summed E-state index contributed by atoms with van der Waals surface area (Å²) in [5.41, 5.74) is 7.78. The molecule has 0 fully saturated rings. The Hall–Kier alpha value is -2.49. The molecule has 0 unspecified atom stereocenters. The smallest absolute Gasteiger partial charge is 0.133 e. The first kappa shape index (κ1) is 9.72. The molecule has 0 saturated carbocycles. The normalized spacial score (nSPS) is 10.6. The minimum absolute atomic E-state index is 0.502. The van der Waals surface area contributed by atoms with Gasteiger partial charge in [-0.25, -0.2) is 4.98 Å². The molecule has 0 aliphatic heterocycles. The highest BCUT2D eigenvalue weighted by Gasteiger charge is 2.04. The Labute approximate surface area is 98.2 Å². The van der Waals surface area contributed by atoms with E-state index in [0.717, 1.165) is 22.0 Å². The van der Waals surface area contributed by atoms with Crippen molar-refractivity contribution in [2.24, 2.45) is 0 Å². The van der Waals surface area contributed by atoms with E-state index >= 15 is 0 Å². The molecule has 2 N–H and O–H groups in total. The molecular weight excluding hydrogens is 212 g/mol. The van der Waals surface area contributed by atoms with Gasteiger partial charge in [-0.2, -0.15) is 0 Å². The highest BCUT2D eigenvalue weighted by atomic mass is 14.8. The van der Waals surface area contributed by atoms with Gasteiger partial charge in [-0.15, -0.1) is 0 Å². The predicted octanol–water partition coefficient (Wildman–Crippen LogP) is 2.27. The maximum atomic E-state index is 5.93. The average molecular weight is 222 g/mol. The third kappa shape index (κ3) is 1.69. The average Bonchev–Trinajstić information content (AvgIpc) is 2.40. The van der Waals surface area contributed by atoms with E-state index in [-0.39, 0.29) is 0 Å². The standard InChI is InChI=1S/C13H10N4/c14-13-11-8-16-6-3-10(11)7-12(17-13)9-1-4-15-5-2-9/h1-8H,(H2,14,17). The molecule has 3 aromatic rings. The van der Waals surface area contributed by atoms with Crippen molar-refractivity contribution in [3.8, 4) is 11.3 Å². The molecule has 0 aliphatic rings. The van der Waals surface area contributed by atoms with Gasteiger partial charge in [-0.3, -0.25) is 9.97 Å². The van der Waals surface area contributed by atoms with Crippen molar-refractivity contribution in [3.05, 3.63) is 49.1 Å². The minimum atomic E-state index is 0.502. The van der Waals surface area contributed by atoms with Gasteiger partial charge in [-0.05, 0) is 29.7 Å². The predicted molar refractivity (Wildman–Crippen MR) is 67.2 cm³/mol. The van der Waals surface area contributed by atoms with Crippen molar-refractivity contribution >= 4 is 16.6 Å². The van der Waals surface area contributed by atoms with Crippen LogP contribution in [0.15, 0.2) is 49.1 Å². The van der Waals surface area contributed by atoms with Crippen molar-refractivity contribution in [1.29, 1.82) is 0 Å². The third-order valence-electron chi connectivity index (χ3n) is 2.64. The lowest BCUT2D eigenvalue weighted by molar-refractivity contribution is 1.29. The Morgan fingerprint density at radius 2 is 1.71 bits per heavy atom. The number of fused-ring (bicyclic) bond motifs is 1. The first-order valence-electron chi connectivity index (χ1n) is 5.25. The lowest BCUT2D eigenvalue weighted by Crippen LogP contribution is -1.94. The summed E-state index contributed by atoms with van der Waals surface area (Å²) in [7, 11) is 0. The van der Waals surface area contributed by atoms with Gasteiger partial charge in [0.05, 0.1) is 5.69 Å². The number of anilines is 1. The molecule has 0 radical (unpaired) electrons. The summed E-state index contributed by atoms with van der Waals surface area (Å²) in [6.45, 7) is 0. The summed E-state index contributed by atoms with van der Waals surface area (Å²) < 4.78 is 0. The molecule has 0 aliphatic carbocycles. The van der Waals surface area contributed by atoms with E-state index in [1.54, 1.807) is 24.8 Å². The third-order valence-corrected chi connectivity index (χ3v) is 2.64. The van der Waals surface area contributed by atoms with E-state index in [2.05, 4.69) is 15.0 Å². The lowest BCUT2D eigenvalue weighted by atomic mass is 10.1. The Kier molecular flexibility index (Phi) is 2.19. The van der Waals surface area contributed by atoms with Gasteiger partial charge in [0.15, 0.2) is 0 Å². The molecule has 4 heteroatoms. The second-order valence-electron chi connectivity index (χ2n) is 3.73. The van der Waals surface area contributed by atoms with Crippen LogP contribution in [0.4, 0.5) is 5.82 Å². The zero-order chi connectivity index (χ0) is 11.7. The molecule has 0 saturated heterocycles. The van der Waals surface area contributed by atoms with Gasteiger partial charge in [-0.1, -0.05) is 0 Å². The molecule has 17 heavy (non-hydrogen) atoms. The summed E-state index contributed by atoms with van der Waals surface area (Å²) in [5, 5.41) is 1.92. The van der Waals surface area contributed by atoms with E-state index in [0.29, 0.717) is 5.82 Å². The molecule has 82 valence electrons. The second-order valence-corrected chi connectivity index (χ2v) is 3.73. The molecule has 0 bridgehead atoms. The fraction of sp³-hybridized carbons (Fsp3) is 0. The maximum absolute atomic E-state index is 5.93. The zero-order valence-corrected chi connectivity index (χ0v) is 9.04. The van der Waals surface area contributed by atoms with Gasteiger partial charge >= 0.3 is 0 Å². The van der Waals surface area contributed by atoms with Gasteiger partial charge < -0.3 is 5.73 Å². The van der Waals surface area contributed by atoms with Crippen LogP contribution in [0.25, 0.3) is 22.0 Å². The quantitative estimate of drug-likeness (QED) is 0.686. The zero-order valence-electron chi connectivity index (χ0n) is 9.04. The fourth-order valence-corrected chi connectivity index (χ4v) is 1.79. The molecule has 3 aromatic heterocycles. The van der Waals surface area contributed by atoms with Gasteiger partial charge in [0.2, 0.25) is 0 Å². The first-order chi connectivity index (χ1) is 8.34. The Morgan fingerprint density at radius 1 is 0.941 bits per heavy atom. The largest absolute Gasteiger partial charge is 0.383 e. The monoisotopic (exact) mass is 222 g/mol. The number of nitrogens with zero attached hydrogens (tertiary/aromatic N) is 3. The highest BCUT2D eigenvalue weighted by molar-refractivity contribution is 5.92. The Bertz CT molecular complexity index is 665. The molecule has 0 amide bonds. The SMILES string of the molecule is Nc1nc(-c2ccncc2)cc2ccncc12. The van der Waals surface area contributed by atoms with Gasteiger partial charge in [0.1, 0.15) is 5.82 Å². The van der Waals surface area contributed by atoms with E-state index in [1.807, 2.05) is 24.3 Å². The first-order valence-corrected chi connectivity index (χ1v) is 5.25. The van der Waals surface area contributed by atoms with Gasteiger partial charge in [0, 0.05) is 35.7 Å². The molecule has 3 rings (SSSR count). The summed E-state index contributed by atoms with van der Waals surface area (Å²) >= 11 is 0. The molecule has 3 heterocycles. The van der Waals surface area contributed by atoms with Crippen molar-refractivity contribution in [2.75, 3.05) is 5.73 Å². The van der Waals surface area contributed by atoms with E-state index < -0.39 is 0 Å². The number of nitrogens with two attached hydrogens (primary N) is 1. The van der Waals surface area contributed by atoms with E-state index in [1.165, 1.54) is 0 Å². The molecule has 4 nitrogen and oxygen atoms in total. The molecule has 0 aromatic carbocycles. The van der Waals surface area contributed by atoms with Crippen molar-refractivity contribution in [3.63, 3.8) is 0 Å². The number of hydrogen-bond acceptors (Lipinski definition) is 4. The number of aromatic nitrogens is 3. The van der Waals surface area contributed by atoms with Crippen molar-refractivity contribution < 1.29 is 0 Å². The Balaban J connectivity index is 2.26. The number of hydrogen-bond donors (Lipinski definition) is 1. The van der Waals surface area contributed by atoms with E-state index in [4.69, 9.17) is 5.73 Å². The highest BCUT2D eigenvalue weighted by Crippen LogP contribution is 2.24. The van der Waals surface area contributed by atoms with Crippen LogP contribution in [0.3, 0.4) is 0 Å². The van der Waals surface area contributed by atoms with Gasteiger partial charge in [0.25, 0.3) is 0 Å². The van der Waals surface area contributed by atoms with Crippen LogP contribution in [-0.2, 0) is 0 Å². The summed E-state index contributed by atoms with van der Waals surface area (Å²) in [4.78, 5) is 12.4. The van der Waals surface area contributed by atoms with Crippen LogP contribution in [0, 0.1) is 0 Å². The van der Waals surface area contributed by atoms with Crippen LogP contribution in [-0.4, -0.2) is 15.0 Å². The molecule has 0 atom stereocenters. The van der Waals surface area contributed by atoms with Crippen LogP contribution in [0.1, 0.15) is 0 Å².